The van der Waals surface area contributed by atoms with Gasteiger partial charge < -0.3 is 0 Å². The third kappa shape index (κ3) is 4.21. The molecule has 2 unspecified atom stereocenters. The molecular formula is C26H34N2OP+. The summed E-state index contributed by atoms with van der Waals surface area (Å²) < 4.78 is 18.6. The second-order valence-electron chi connectivity index (χ2n) is 8.36. The van der Waals surface area contributed by atoms with Crippen LogP contribution in [0.1, 0.15) is 50.9 Å². The predicted molar refractivity (Wildman–Crippen MR) is 127 cm³/mol. The van der Waals surface area contributed by atoms with E-state index >= 15 is 0 Å². The molecule has 0 spiro atoms. The molecule has 1 heterocycles. The van der Waals surface area contributed by atoms with Crippen molar-refractivity contribution in [3.63, 3.8) is 0 Å². The van der Waals surface area contributed by atoms with Gasteiger partial charge in [0.25, 0.3) is 0 Å². The van der Waals surface area contributed by atoms with Gasteiger partial charge in [-0.3, -0.25) is 0 Å². The topological polar surface area (TPSA) is 23.6 Å². The van der Waals surface area contributed by atoms with Crippen LogP contribution in [0.2, 0.25) is 0 Å². The van der Waals surface area contributed by atoms with Crippen molar-refractivity contribution in [1.82, 2.24) is 9.34 Å². The minimum absolute atomic E-state index is 0.0368. The highest BCUT2D eigenvalue weighted by atomic mass is 31.1. The van der Waals surface area contributed by atoms with Crippen molar-refractivity contribution in [2.45, 2.75) is 51.9 Å². The average molecular weight is 422 g/mol. The molecule has 1 aliphatic rings. The summed E-state index contributed by atoms with van der Waals surface area (Å²) in [6.45, 7) is 16.9. The largest absolute Gasteiger partial charge is 0.539 e. The fourth-order valence-electron chi connectivity index (χ4n) is 4.62. The molecule has 0 bridgehead atoms. The van der Waals surface area contributed by atoms with Gasteiger partial charge in [0.1, 0.15) is 0 Å². The zero-order chi connectivity index (χ0) is 21.8. The molecule has 0 saturated carbocycles. The van der Waals surface area contributed by atoms with Crippen LogP contribution in [0.3, 0.4) is 0 Å². The van der Waals surface area contributed by atoms with Crippen LogP contribution in [0.4, 0.5) is 0 Å². The van der Waals surface area contributed by atoms with E-state index < -0.39 is 8.10 Å². The average Bonchev–Trinajstić information content (AvgIpc) is 3.10. The van der Waals surface area contributed by atoms with E-state index in [-0.39, 0.29) is 36.0 Å². The summed E-state index contributed by atoms with van der Waals surface area (Å²) in [6, 6.07) is 21.0. The number of hydrogen-bond acceptors (Lipinski definition) is 1. The zero-order valence-electron chi connectivity index (χ0n) is 18.6. The minimum Gasteiger partial charge on any atom is -0.103 e. The standard InChI is InChI=1S/C26H34N2OP/c1-7-19(3)25-26(20(4)8-2)28(22(6)24-17-13-10-14-18-24)30(29)27(25)21(5)23-15-11-9-12-16-23/h7-22,25-26H,1-2H2,3-6H3/q+1/t19-,20?,21-,22-,25+,26+/m0/s1. The van der Waals surface area contributed by atoms with Crippen molar-refractivity contribution >= 4 is 8.10 Å². The van der Waals surface area contributed by atoms with Gasteiger partial charge in [0.2, 0.25) is 0 Å². The monoisotopic (exact) mass is 421 g/mol. The second-order valence-corrected chi connectivity index (χ2v) is 9.79. The first kappa shape index (κ1) is 22.6. The molecule has 0 radical (unpaired) electrons. The van der Waals surface area contributed by atoms with E-state index in [9.17, 15) is 4.57 Å². The van der Waals surface area contributed by atoms with Crippen LogP contribution in [0, 0.1) is 11.8 Å². The lowest BCUT2D eigenvalue weighted by atomic mass is 9.85. The van der Waals surface area contributed by atoms with Gasteiger partial charge >= 0.3 is 8.10 Å². The number of benzene rings is 2. The maximum absolute atomic E-state index is 14.1. The maximum atomic E-state index is 14.1. The van der Waals surface area contributed by atoms with Crippen molar-refractivity contribution in [1.29, 1.82) is 0 Å². The third-order valence-electron chi connectivity index (χ3n) is 6.53. The Hall–Kier alpha value is -2.06. The maximum Gasteiger partial charge on any atom is 0.539 e. The summed E-state index contributed by atoms with van der Waals surface area (Å²) >= 11 is 0. The fraction of sp³-hybridized carbons (Fsp3) is 0.385. The van der Waals surface area contributed by atoms with Crippen molar-refractivity contribution in [3.05, 3.63) is 97.1 Å². The Morgan fingerprint density at radius 3 is 1.37 bits per heavy atom. The van der Waals surface area contributed by atoms with Crippen molar-refractivity contribution in [2.24, 2.45) is 11.8 Å². The first-order valence-corrected chi connectivity index (χ1v) is 12.0. The Kier molecular flexibility index (Phi) is 7.41. The Morgan fingerprint density at radius 2 is 1.07 bits per heavy atom. The van der Waals surface area contributed by atoms with E-state index in [1.54, 1.807) is 0 Å². The van der Waals surface area contributed by atoms with E-state index in [0.29, 0.717) is 0 Å². The molecule has 7 atom stereocenters. The highest BCUT2D eigenvalue weighted by Gasteiger charge is 2.62. The molecule has 1 fully saturated rings. The van der Waals surface area contributed by atoms with Crippen LogP contribution in [-0.4, -0.2) is 21.4 Å². The molecular weight excluding hydrogens is 387 g/mol. The van der Waals surface area contributed by atoms with Crippen LogP contribution in [0.25, 0.3) is 0 Å². The van der Waals surface area contributed by atoms with Gasteiger partial charge in [0.15, 0.2) is 0 Å². The molecule has 0 N–H and O–H groups in total. The number of rotatable bonds is 8. The summed E-state index contributed by atoms with van der Waals surface area (Å²) in [7, 11) is -1.75. The fourth-order valence-corrected chi connectivity index (χ4v) is 6.87. The van der Waals surface area contributed by atoms with Crippen molar-refractivity contribution in [3.8, 4) is 0 Å². The zero-order valence-corrected chi connectivity index (χ0v) is 19.5. The van der Waals surface area contributed by atoms with Gasteiger partial charge in [-0.05, 0) is 41.4 Å². The Labute approximate surface area is 183 Å². The van der Waals surface area contributed by atoms with Crippen molar-refractivity contribution < 1.29 is 4.57 Å². The first-order chi connectivity index (χ1) is 14.4. The Morgan fingerprint density at radius 1 is 0.733 bits per heavy atom. The van der Waals surface area contributed by atoms with Crippen LogP contribution in [0.5, 0.6) is 0 Å². The van der Waals surface area contributed by atoms with E-state index in [1.165, 1.54) is 11.1 Å². The molecule has 0 amide bonds. The molecule has 2 aromatic rings. The van der Waals surface area contributed by atoms with E-state index in [2.05, 4.69) is 98.7 Å². The van der Waals surface area contributed by atoms with Crippen LogP contribution < -0.4 is 0 Å². The first-order valence-electron chi connectivity index (χ1n) is 10.8. The molecule has 1 aliphatic heterocycles. The second kappa shape index (κ2) is 9.83. The SMILES string of the molecule is C=CC(C)[C@@H]1[C@@H]([C@@H](C)C=C)N([C@@H](C)c2ccccc2)[P+](=O)N1[C@@H](C)c1ccccc1. The van der Waals surface area contributed by atoms with Gasteiger partial charge in [-0.15, -0.1) is 13.2 Å². The molecule has 2 aromatic carbocycles. The Balaban J connectivity index is 2.10. The lowest BCUT2D eigenvalue weighted by Gasteiger charge is -2.32. The van der Waals surface area contributed by atoms with E-state index in [4.69, 9.17) is 0 Å². The van der Waals surface area contributed by atoms with Gasteiger partial charge in [-0.1, -0.05) is 96.0 Å². The van der Waals surface area contributed by atoms with Crippen LogP contribution in [0.15, 0.2) is 86.0 Å². The number of nitrogens with zero attached hydrogens (tertiary/aromatic N) is 2. The quantitative estimate of drug-likeness (QED) is 0.334. The summed E-state index contributed by atoms with van der Waals surface area (Å²) in [5.74, 6) is 0.381. The van der Waals surface area contributed by atoms with Gasteiger partial charge in [-0.2, -0.15) is 0 Å². The summed E-state index contributed by atoms with van der Waals surface area (Å²) in [5.41, 5.74) is 2.36. The predicted octanol–water partition coefficient (Wildman–Crippen LogP) is 7.17. The van der Waals surface area contributed by atoms with Gasteiger partial charge in [0, 0.05) is 0 Å². The molecule has 0 aliphatic carbocycles. The van der Waals surface area contributed by atoms with Crippen LogP contribution >= 0.6 is 8.10 Å². The molecule has 3 nitrogen and oxygen atoms in total. The van der Waals surface area contributed by atoms with E-state index in [0.717, 1.165) is 0 Å². The van der Waals surface area contributed by atoms with E-state index in [1.807, 2.05) is 24.3 Å². The van der Waals surface area contributed by atoms with Crippen LogP contribution in [-0.2, 0) is 4.57 Å². The lowest BCUT2D eigenvalue weighted by molar-refractivity contribution is 0.157. The summed E-state index contributed by atoms with van der Waals surface area (Å²) in [4.78, 5) is 0. The third-order valence-corrected chi connectivity index (χ3v) is 8.55. The number of hydrogen-bond donors (Lipinski definition) is 0. The molecule has 3 rings (SSSR count). The normalized spacial score (nSPS) is 25.4. The molecule has 30 heavy (non-hydrogen) atoms. The smallest absolute Gasteiger partial charge is 0.103 e. The minimum atomic E-state index is -1.75. The highest BCUT2D eigenvalue weighted by Crippen LogP contribution is 2.57. The Bertz CT molecular complexity index is 798. The molecule has 1 saturated heterocycles. The van der Waals surface area contributed by atoms with Gasteiger partial charge in [-0.25, -0.2) is 0 Å². The molecule has 0 aromatic heterocycles. The molecule has 158 valence electrons. The van der Waals surface area contributed by atoms with Crippen molar-refractivity contribution in [2.75, 3.05) is 0 Å². The lowest BCUT2D eigenvalue weighted by Crippen LogP contribution is -2.45. The van der Waals surface area contributed by atoms with Gasteiger partial charge in [0.05, 0.1) is 24.2 Å². The summed E-state index contributed by atoms with van der Waals surface area (Å²) in [6.07, 6.45) is 4.00. The highest BCUT2D eigenvalue weighted by molar-refractivity contribution is 7.39. The molecule has 4 heteroatoms. The summed E-state index contributed by atoms with van der Waals surface area (Å²) in [5, 5.41) is 0.